The van der Waals surface area contributed by atoms with Crippen molar-refractivity contribution in [2.45, 2.75) is 19.5 Å². The van der Waals surface area contributed by atoms with Crippen molar-refractivity contribution in [2.24, 2.45) is 0 Å². The normalized spacial score (nSPS) is 12.2. The van der Waals surface area contributed by atoms with E-state index in [9.17, 15) is 9.18 Å². The summed E-state index contributed by atoms with van der Waals surface area (Å²) < 4.78 is 17.9. The first kappa shape index (κ1) is 13.1. The van der Waals surface area contributed by atoms with Gasteiger partial charge in [0.15, 0.2) is 0 Å². The van der Waals surface area contributed by atoms with Gasteiger partial charge in [-0.2, -0.15) is 0 Å². The SMILES string of the molecule is COC(=O)[C@H](C)NCc1ccc(F)c(Br)c1. The fraction of sp³-hybridized carbons (Fsp3) is 0.364. The number of halogens is 2. The Morgan fingerprint density at radius 2 is 2.31 bits per heavy atom. The summed E-state index contributed by atoms with van der Waals surface area (Å²) in [4.78, 5) is 11.1. The Morgan fingerprint density at radius 3 is 2.88 bits per heavy atom. The highest BCUT2D eigenvalue weighted by atomic mass is 79.9. The average Bonchev–Trinajstić information content (AvgIpc) is 2.29. The molecule has 1 aromatic carbocycles. The Labute approximate surface area is 102 Å². The molecule has 1 N–H and O–H groups in total. The van der Waals surface area contributed by atoms with Gasteiger partial charge in [-0.05, 0) is 40.5 Å². The molecule has 0 aromatic heterocycles. The molecule has 0 aliphatic heterocycles. The molecule has 0 fully saturated rings. The van der Waals surface area contributed by atoms with Gasteiger partial charge >= 0.3 is 5.97 Å². The van der Waals surface area contributed by atoms with Crippen LogP contribution < -0.4 is 5.32 Å². The van der Waals surface area contributed by atoms with E-state index in [0.717, 1.165) is 5.56 Å². The molecule has 0 aliphatic rings. The highest BCUT2D eigenvalue weighted by Gasteiger charge is 2.11. The van der Waals surface area contributed by atoms with Crippen LogP contribution in [-0.4, -0.2) is 19.1 Å². The van der Waals surface area contributed by atoms with Crippen LogP contribution in [0.4, 0.5) is 4.39 Å². The Balaban J connectivity index is 2.55. The predicted molar refractivity (Wildman–Crippen MR) is 62.4 cm³/mol. The van der Waals surface area contributed by atoms with Gasteiger partial charge in [-0.1, -0.05) is 6.07 Å². The Bertz CT molecular complexity index is 384. The number of carbonyl (C=O) groups is 1. The lowest BCUT2D eigenvalue weighted by atomic mass is 10.2. The molecule has 0 heterocycles. The smallest absolute Gasteiger partial charge is 0.322 e. The monoisotopic (exact) mass is 289 g/mol. The largest absolute Gasteiger partial charge is 0.468 e. The Morgan fingerprint density at radius 1 is 1.62 bits per heavy atom. The minimum atomic E-state index is -0.381. The van der Waals surface area contributed by atoms with Crippen LogP contribution in [0.2, 0.25) is 0 Å². The van der Waals surface area contributed by atoms with E-state index in [1.54, 1.807) is 19.1 Å². The number of benzene rings is 1. The Hall–Kier alpha value is -0.940. The van der Waals surface area contributed by atoms with Gasteiger partial charge in [-0.25, -0.2) is 4.39 Å². The number of hydrogen-bond acceptors (Lipinski definition) is 3. The molecule has 1 aromatic rings. The molecule has 5 heteroatoms. The fourth-order valence-corrected chi connectivity index (χ4v) is 1.61. The molecule has 0 amide bonds. The van der Waals surface area contributed by atoms with Gasteiger partial charge in [0.2, 0.25) is 0 Å². The van der Waals surface area contributed by atoms with E-state index in [4.69, 9.17) is 0 Å². The number of carbonyl (C=O) groups excluding carboxylic acids is 1. The topological polar surface area (TPSA) is 38.3 Å². The molecule has 16 heavy (non-hydrogen) atoms. The van der Waals surface area contributed by atoms with Crippen molar-refractivity contribution in [1.82, 2.24) is 5.32 Å². The lowest BCUT2D eigenvalue weighted by Gasteiger charge is -2.11. The number of methoxy groups -OCH3 is 1. The van der Waals surface area contributed by atoms with Crippen molar-refractivity contribution in [2.75, 3.05) is 7.11 Å². The highest BCUT2D eigenvalue weighted by Crippen LogP contribution is 2.16. The fourth-order valence-electron chi connectivity index (χ4n) is 1.18. The minimum Gasteiger partial charge on any atom is -0.468 e. The summed E-state index contributed by atoms with van der Waals surface area (Å²) in [6.45, 7) is 2.19. The number of esters is 1. The number of hydrogen-bond donors (Lipinski definition) is 1. The van der Waals surface area contributed by atoms with Crippen molar-refractivity contribution < 1.29 is 13.9 Å². The van der Waals surface area contributed by atoms with Crippen LogP contribution in [0.25, 0.3) is 0 Å². The molecule has 0 aliphatic carbocycles. The van der Waals surface area contributed by atoms with E-state index in [1.165, 1.54) is 13.2 Å². The lowest BCUT2D eigenvalue weighted by Crippen LogP contribution is -2.34. The number of nitrogens with one attached hydrogen (secondary N) is 1. The van der Waals surface area contributed by atoms with Crippen molar-refractivity contribution in [3.8, 4) is 0 Å². The summed E-state index contributed by atoms with van der Waals surface area (Å²) in [5.74, 6) is -0.619. The van der Waals surface area contributed by atoms with Gasteiger partial charge in [-0.15, -0.1) is 0 Å². The van der Waals surface area contributed by atoms with Crippen LogP contribution in [-0.2, 0) is 16.1 Å². The van der Waals surface area contributed by atoms with Gasteiger partial charge < -0.3 is 10.1 Å². The van der Waals surface area contributed by atoms with Crippen molar-refractivity contribution >= 4 is 21.9 Å². The highest BCUT2D eigenvalue weighted by molar-refractivity contribution is 9.10. The summed E-state index contributed by atoms with van der Waals surface area (Å²) in [7, 11) is 1.34. The summed E-state index contributed by atoms with van der Waals surface area (Å²) in [6.07, 6.45) is 0. The first-order valence-corrected chi connectivity index (χ1v) is 5.59. The maximum Gasteiger partial charge on any atom is 0.322 e. The summed E-state index contributed by atoms with van der Waals surface area (Å²) in [6, 6.07) is 4.33. The lowest BCUT2D eigenvalue weighted by molar-refractivity contribution is -0.142. The van der Waals surface area contributed by atoms with Crippen LogP contribution >= 0.6 is 15.9 Å². The second-order valence-corrected chi connectivity index (χ2v) is 4.23. The van der Waals surface area contributed by atoms with E-state index in [-0.39, 0.29) is 17.8 Å². The van der Waals surface area contributed by atoms with Gasteiger partial charge in [0.25, 0.3) is 0 Å². The third kappa shape index (κ3) is 3.57. The molecular weight excluding hydrogens is 277 g/mol. The van der Waals surface area contributed by atoms with E-state index in [1.807, 2.05) is 0 Å². The molecule has 0 saturated heterocycles. The van der Waals surface area contributed by atoms with Gasteiger partial charge in [0, 0.05) is 6.54 Å². The van der Waals surface area contributed by atoms with Crippen molar-refractivity contribution in [1.29, 1.82) is 0 Å². The van der Waals surface area contributed by atoms with E-state index < -0.39 is 0 Å². The van der Waals surface area contributed by atoms with Crippen molar-refractivity contribution in [3.05, 3.63) is 34.1 Å². The van der Waals surface area contributed by atoms with Gasteiger partial charge in [0.1, 0.15) is 11.9 Å². The number of rotatable bonds is 4. The van der Waals surface area contributed by atoms with Crippen LogP contribution in [0, 0.1) is 5.82 Å². The number of ether oxygens (including phenoxy) is 1. The second kappa shape index (κ2) is 5.96. The van der Waals surface area contributed by atoms with Crippen LogP contribution in [0.3, 0.4) is 0 Å². The first-order chi connectivity index (χ1) is 7.54. The quantitative estimate of drug-likeness (QED) is 0.864. The average molecular weight is 290 g/mol. The molecular formula is C11H13BrFNO2. The van der Waals surface area contributed by atoms with Crippen LogP contribution in [0.5, 0.6) is 0 Å². The minimum absolute atomic E-state index is 0.301. The van der Waals surface area contributed by atoms with E-state index in [0.29, 0.717) is 11.0 Å². The molecule has 1 atom stereocenters. The zero-order valence-corrected chi connectivity index (χ0v) is 10.7. The summed E-state index contributed by atoms with van der Waals surface area (Å²) in [5, 5.41) is 2.98. The molecule has 1 rings (SSSR count). The van der Waals surface area contributed by atoms with E-state index >= 15 is 0 Å². The predicted octanol–water partition coefficient (Wildman–Crippen LogP) is 2.24. The molecule has 0 unspecified atom stereocenters. The maximum absolute atomic E-state index is 12.9. The zero-order chi connectivity index (χ0) is 12.1. The Kier molecular flexibility index (Phi) is 4.89. The molecule has 0 spiro atoms. The summed E-state index contributed by atoms with van der Waals surface area (Å²) >= 11 is 3.10. The van der Waals surface area contributed by atoms with Crippen LogP contribution in [0.1, 0.15) is 12.5 Å². The molecule has 0 bridgehead atoms. The third-order valence-corrected chi connectivity index (χ3v) is 2.76. The third-order valence-electron chi connectivity index (χ3n) is 2.15. The van der Waals surface area contributed by atoms with Crippen LogP contribution in [0.15, 0.2) is 22.7 Å². The summed E-state index contributed by atoms with van der Waals surface area (Å²) in [5.41, 5.74) is 0.893. The van der Waals surface area contributed by atoms with Gasteiger partial charge in [0.05, 0.1) is 11.6 Å². The first-order valence-electron chi connectivity index (χ1n) is 4.79. The molecule has 0 saturated carbocycles. The van der Waals surface area contributed by atoms with Gasteiger partial charge in [-0.3, -0.25) is 4.79 Å². The molecule has 0 radical (unpaired) electrons. The van der Waals surface area contributed by atoms with Crippen molar-refractivity contribution in [3.63, 3.8) is 0 Å². The molecule has 3 nitrogen and oxygen atoms in total. The zero-order valence-electron chi connectivity index (χ0n) is 9.09. The standard InChI is InChI=1S/C11H13BrFNO2/c1-7(11(15)16-2)14-6-8-3-4-10(13)9(12)5-8/h3-5,7,14H,6H2,1-2H3/t7-/m0/s1. The van der Waals surface area contributed by atoms with E-state index in [2.05, 4.69) is 26.0 Å². The second-order valence-electron chi connectivity index (χ2n) is 3.37. The maximum atomic E-state index is 12.9. The molecule has 88 valence electrons.